The van der Waals surface area contributed by atoms with Gasteiger partial charge < -0.3 is 10.1 Å². The third-order valence-corrected chi connectivity index (χ3v) is 1.62. The molecule has 16 heavy (non-hydrogen) atoms. The van der Waals surface area contributed by atoms with Gasteiger partial charge in [-0.25, -0.2) is 4.98 Å². The zero-order valence-corrected chi connectivity index (χ0v) is 9.09. The molecular weight excluding hydrogens is 223 g/mol. The molecule has 4 nitrogen and oxygen atoms in total. The highest BCUT2D eigenvalue weighted by atomic mass is 19.4. The first-order valence-corrected chi connectivity index (χ1v) is 4.59. The lowest BCUT2D eigenvalue weighted by Gasteiger charge is -2.12. The molecule has 0 amide bonds. The minimum atomic E-state index is -4.51. The van der Waals surface area contributed by atoms with Gasteiger partial charge in [-0.1, -0.05) is 0 Å². The summed E-state index contributed by atoms with van der Waals surface area (Å²) in [5.41, 5.74) is -1.03. The van der Waals surface area contributed by atoms with E-state index in [1.807, 2.05) is 0 Å². The van der Waals surface area contributed by atoms with Gasteiger partial charge in [-0.3, -0.25) is 0 Å². The van der Waals surface area contributed by atoms with Crippen LogP contribution in [0, 0.1) is 0 Å². The van der Waals surface area contributed by atoms with Gasteiger partial charge in [0.15, 0.2) is 5.69 Å². The van der Waals surface area contributed by atoms with E-state index in [4.69, 9.17) is 0 Å². The van der Waals surface area contributed by atoms with Crippen LogP contribution < -0.4 is 10.1 Å². The van der Waals surface area contributed by atoms with Crippen LogP contribution in [-0.4, -0.2) is 23.1 Å². The Bertz CT molecular complexity index is 366. The van der Waals surface area contributed by atoms with E-state index in [0.29, 0.717) is 0 Å². The molecule has 90 valence electrons. The molecule has 0 spiro atoms. The van der Waals surface area contributed by atoms with Crippen molar-refractivity contribution in [2.75, 3.05) is 12.4 Å². The van der Waals surface area contributed by atoms with Crippen LogP contribution in [0.2, 0.25) is 0 Å². The van der Waals surface area contributed by atoms with Gasteiger partial charge in [0.25, 0.3) is 0 Å². The zero-order chi connectivity index (χ0) is 12.3. The fourth-order valence-electron chi connectivity index (χ4n) is 0.998. The number of hydrogen-bond donors (Lipinski definition) is 1. The Morgan fingerprint density at radius 2 is 1.94 bits per heavy atom. The molecule has 1 rings (SSSR count). The molecule has 0 saturated heterocycles. The van der Waals surface area contributed by atoms with E-state index < -0.39 is 11.9 Å². The van der Waals surface area contributed by atoms with Crippen LogP contribution in [0.3, 0.4) is 0 Å². The second-order valence-electron chi connectivity index (χ2n) is 3.42. The maximum absolute atomic E-state index is 12.4. The topological polar surface area (TPSA) is 47.0 Å². The molecular formula is C9H12F3N3O. The molecule has 0 bridgehead atoms. The highest BCUT2D eigenvalue weighted by molar-refractivity contribution is 5.32. The number of alkyl halides is 3. The largest absolute Gasteiger partial charge is 0.481 e. The van der Waals surface area contributed by atoms with Gasteiger partial charge in [0.1, 0.15) is 0 Å². The Hall–Kier alpha value is -1.53. The smallest absolute Gasteiger partial charge is 0.433 e. The highest BCUT2D eigenvalue weighted by Crippen LogP contribution is 2.30. The summed E-state index contributed by atoms with van der Waals surface area (Å²) in [4.78, 5) is 7.13. The van der Waals surface area contributed by atoms with E-state index in [0.717, 1.165) is 6.07 Å². The molecule has 1 heterocycles. The molecule has 0 radical (unpaired) electrons. The molecule has 1 aromatic heterocycles. The quantitative estimate of drug-likeness (QED) is 0.873. The van der Waals surface area contributed by atoms with Gasteiger partial charge >= 0.3 is 6.18 Å². The second-order valence-corrected chi connectivity index (χ2v) is 3.42. The van der Waals surface area contributed by atoms with Crippen molar-refractivity contribution in [1.82, 2.24) is 9.97 Å². The summed E-state index contributed by atoms with van der Waals surface area (Å²) in [6.45, 7) is 3.55. The number of anilines is 1. The van der Waals surface area contributed by atoms with Crippen LogP contribution >= 0.6 is 0 Å². The van der Waals surface area contributed by atoms with Crippen molar-refractivity contribution in [3.05, 3.63) is 11.8 Å². The fraction of sp³-hybridized carbons (Fsp3) is 0.556. The lowest BCUT2D eigenvalue weighted by Crippen LogP contribution is -2.16. The first-order valence-electron chi connectivity index (χ1n) is 4.59. The summed E-state index contributed by atoms with van der Waals surface area (Å²) in [6.07, 6.45) is -4.51. The SMILES string of the molecule is COc1cc(C(F)(F)F)nc(NC(C)C)n1. The predicted molar refractivity (Wildman–Crippen MR) is 52.3 cm³/mol. The summed E-state index contributed by atoms with van der Waals surface area (Å²) in [7, 11) is 1.25. The zero-order valence-electron chi connectivity index (χ0n) is 9.09. The molecule has 0 aliphatic carbocycles. The standard InChI is InChI=1S/C9H12F3N3O/c1-5(2)13-8-14-6(9(10,11)12)4-7(15-8)16-3/h4-5H,1-3H3,(H,13,14,15). The average Bonchev–Trinajstić information content (AvgIpc) is 2.14. The predicted octanol–water partition coefficient (Wildman–Crippen LogP) is 2.32. The van der Waals surface area contributed by atoms with Gasteiger partial charge in [-0.2, -0.15) is 18.2 Å². The van der Waals surface area contributed by atoms with E-state index in [-0.39, 0.29) is 17.9 Å². The van der Waals surface area contributed by atoms with Crippen molar-refractivity contribution in [2.45, 2.75) is 26.1 Å². The average molecular weight is 235 g/mol. The Kier molecular flexibility index (Phi) is 3.56. The van der Waals surface area contributed by atoms with Crippen LogP contribution in [0.4, 0.5) is 19.1 Å². The second kappa shape index (κ2) is 4.54. The summed E-state index contributed by atoms with van der Waals surface area (Å²) < 4.78 is 42.0. The lowest BCUT2D eigenvalue weighted by atomic mass is 10.4. The third-order valence-electron chi connectivity index (χ3n) is 1.62. The van der Waals surface area contributed by atoms with Gasteiger partial charge in [0, 0.05) is 12.1 Å². The summed E-state index contributed by atoms with van der Waals surface area (Å²) in [6, 6.07) is 0.694. The van der Waals surface area contributed by atoms with E-state index in [1.54, 1.807) is 13.8 Å². The lowest BCUT2D eigenvalue weighted by molar-refractivity contribution is -0.141. The van der Waals surface area contributed by atoms with Crippen molar-refractivity contribution in [1.29, 1.82) is 0 Å². The fourth-order valence-corrected chi connectivity index (χ4v) is 0.998. The molecule has 0 atom stereocenters. The molecule has 0 fully saturated rings. The van der Waals surface area contributed by atoms with Crippen LogP contribution in [0.15, 0.2) is 6.07 Å². The number of rotatable bonds is 3. The Morgan fingerprint density at radius 3 is 2.38 bits per heavy atom. The van der Waals surface area contributed by atoms with Gasteiger partial charge in [-0.05, 0) is 13.8 Å². The number of halogens is 3. The summed E-state index contributed by atoms with van der Waals surface area (Å²) in [5.74, 6) is -0.216. The van der Waals surface area contributed by atoms with Crippen molar-refractivity contribution in [3.8, 4) is 5.88 Å². The maximum Gasteiger partial charge on any atom is 0.433 e. The molecule has 1 N–H and O–H groups in total. The number of methoxy groups -OCH3 is 1. The van der Waals surface area contributed by atoms with Crippen molar-refractivity contribution in [2.24, 2.45) is 0 Å². The van der Waals surface area contributed by atoms with Crippen molar-refractivity contribution in [3.63, 3.8) is 0 Å². The molecule has 1 aromatic rings. The molecule has 0 saturated carbocycles. The Balaban J connectivity index is 3.11. The van der Waals surface area contributed by atoms with E-state index in [9.17, 15) is 13.2 Å². The number of nitrogens with one attached hydrogen (secondary N) is 1. The minimum absolute atomic E-state index is 0.0619. The third kappa shape index (κ3) is 3.25. The number of aromatic nitrogens is 2. The number of hydrogen-bond acceptors (Lipinski definition) is 4. The van der Waals surface area contributed by atoms with E-state index in [2.05, 4.69) is 20.0 Å². The maximum atomic E-state index is 12.4. The molecule has 0 aromatic carbocycles. The summed E-state index contributed by atoms with van der Waals surface area (Å²) in [5, 5.41) is 2.69. The summed E-state index contributed by atoms with van der Waals surface area (Å²) >= 11 is 0. The number of nitrogens with zero attached hydrogens (tertiary/aromatic N) is 2. The van der Waals surface area contributed by atoms with Crippen LogP contribution in [0.5, 0.6) is 5.88 Å². The first kappa shape index (κ1) is 12.5. The molecule has 0 aliphatic rings. The highest BCUT2D eigenvalue weighted by Gasteiger charge is 2.34. The molecule has 0 aliphatic heterocycles. The molecule has 0 unspecified atom stereocenters. The van der Waals surface area contributed by atoms with Crippen LogP contribution in [-0.2, 0) is 6.18 Å². The van der Waals surface area contributed by atoms with E-state index >= 15 is 0 Å². The Morgan fingerprint density at radius 1 is 1.31 bits per heavy atom. The minimum Gasteiger partial charge on any atom is -0.481 e. The first-order chi connectivity index (χ1) is 7.32. The normalized spacial score (nSPS) is 11.7. The van der Waals surface area contributed by atoms with E-state index in [1.165, 1.54) is 7.11 Å². The van der Waals surface area contributed by atoms with Gasteiger partial charge in [-0.15, -0.1) is 0 Å². The van der Waals surface area contributed by atoms with Crippen LogP contribution in [0.25, 0.3) is 0 Å². The Labute approximate surface area is 90.9 Å². The van der Waals surface area contributed by atoms with Crippen molar-refractivity contribution < 1.29 is 17.9 Å². The van der Waals surface area contributed by atoms with Gasteiger partial charge in [0.05, 0.1) is 7.11 Å². The monoisotopic (exact) mass is 235 g/mol. The van der Waals surface area contributed by atoms with Crippen molar-refractivity contribution >= 4 is 5.95 Å². The number of ether oxygens (including phenoxy) is 1. The molecule has 7 heteroatoms. The van der Waals surface area contributed by atoms with Gasteiger partial charge in [0.2, 0.25) is 11.8 Å². The van der Waals surface area contributed by atoms with Crippen LogP contribution in [0.1, 0.15) is 19.5 Å².